The van der Waals surface area contributed by atoms with E-state index in [1.54, 1.807) is 24.4 Å². The fourth-order valence-electron chi connectivity index (χ4n) is 1.57. The Hall–Kier alpha value is -2.41. The number of aromatic nitrogens is 1. The van der Waals surface area contributed by atoms with E-state index in [9.17, 15) is 4.79 Å². The molecule has 0 bridgehead atoms. The third kappa shape index (κ3) is 4.28. The molecule has 0 fully saturated rings. The smallest absolute Gasteiger partial charge is 0.308 e. The van der Waals surface area contributed by atoms with Crippen LogP contribution in [0.5, 0.6) is 11.5 Å². The predicted octanol–water partition coefficient (Wildman–Crippen LogP) is 2.83. The maximum absolute atomic E-state index is 11.0. The molecule has 0 aliphatic carbocycles. The van der Waals surface area contributed by atoms with Gasteiger partial charge >= 0.3 is 5.97 Å². The summed E-state index contributed by atoms with van der Waals surface area (Å²) in [6.45, 7) is 3.26. The van der Waals surface area contributed by atoms with E-state index >= 15 is 0 Å². The lowest BCUT2D eigenvalue weighted by molar-refractivity contribution is -0.132. The van der Waals surface area contributed by atoms with Crippen molar-refractivity contribution < 1.29 is 14.3 Å². The zero-order valence-corrected chi connectivity index (χ0v) is 12.7. The Morgan fingerprint density at radius 3 is 2.86 bits per heavy atom. The van der Waals surface area contributed by atoms with Crippen LogP contribution in [0.25, 0.3) is 0 Å². The zero-order valence-electron chi connectivity index (χ0n) is 11.9. The van der Waals surface area contributed by atoms with Gasteiger partial charge in [0.2, 0.25) is 5.13 Å². The molecule has 1 aromatic carbocycles. The highest BCUT2D eigenvalue weighted by atomic mass is 32.1. The largest absolute Gasteiger partial charge is 0.493 e. The number of ether oxygens (including phenoxy) is 2. The molecule has 0 saturated carbocycles. The summed E-state index contributed by atoms with van der Waals surface area (Å²) in [4.78, 5) is 15.2. The second kappa shape index (κ2) is 6.85. The van der Waals surface area contributed by atoms with E-state index in [0.29, 0.717) is 11.5 Å². The molecule has 0 unspecified atom stereocenters. The summed E-state index contributed by atoms with van der Waals surface area (Å²) in [5, 5.41) is 6.77. The van der Waals surface area contributed by atoms with Crippen molar-refractivity contribution in [2.24, 2.45) is 5.10 Å². The minimum atomic E-state index is -0.393. The van der Waals surface area contributed by atoms with Gasteiger partial charge in [0.15, 0.2) is 11.5 Å². The summed E-state index contributed by atoms with van der Waals surface area (Å²) in [5.41, 5.74) is 4.61. The fourth-order valence-corrected chi connectivity index (χ4v) is 2.21. The maximum Gasteiger partial charge on any atom is 0.308 e. The van der Waals surface area contributed by atoms with Gasteiger partial charge in [0.25, 0.3) is 0 Å². The first-order valence-electron chi connectivity index (χ1n) is 6.16. The molecule has 0 spiro atoms. The van der Waals surface area contributed by atoms with Crippen LogP contribution in [-0.2, 0) is 4.79 Å². The minimum absolute atomic E-state index is 0.380. The quantitative estimate of drug-likeness (QED) is 0.398. The number of rotatable bonds is 5. The summed E-state index contributed by atoms with van der Waals surface area (Å²) < 4.78 is 10.2. The van der Waals surface area contributed by atoms with Gasteiger partial charge in [-0.25, -0.2) is 4.98 Å². The van der Waals surface area contributed by atoms with Gasteiger partial charge in [-0.15, -0.1) is 11.3 Å². The number of aryl methyl sites for hydroxylation is 1. The van der Waals surface area contributed by atoms with Crippen molar-refractivity contribution >= 4 is 28.7 Å². The molecular weight excluding hydrogens is 290 g/mol. The van der Waals surface area contributed by atoms with Crippen LogP contribution < -0.4 is 14.9 Å². The average molecular weight is 305 g/mol. The number of hydrogen-bond acceptors (Lipinski definition) is 7. The highest BCUT2D eigenvalue weighted by Crippen LogP contribution is 2.27. The van der Waals surface area contributed by atoms with Crippen LogP contribution in [0.4, 0.5) is 5.13 Å². The van der Waals surface area contributed by atoms with Gasteiger partial charge in [0.1, 0.15) is 0 Å². The number of hydrogen-bond donors (Lipinski definition) is 1. The van der Waals surface area contributed by atoms with E-state index in [1.165, 1.54) is 25.4 Å². The zero-order chi connectivity index (χ0) is 15.2. The van der Waals surface area contributed by atoms with E-state index in [4.69, 9.17) is 9.47 Å². The van der Waals surface area contributed by atoms with Crippen molar-refractivity contribution in [3.63, 3.8) is 0 Å². The number of benzene rings is 1. The van der Waals surface area contributed by atoms with Crippen LogP contribution in [0, 0.1) is 6.92 Å². The molecule has 7 heteroatoms. The second-order valence-corrected chi connectivity index (χ2v) is 5.03. The summed E-state index contributed by atoms with van der Waals surface area (Å²) in [6.07, 6.45) is 1.64. The van der Waals surface area contributed by atoms with Gasteiger partial charge in [-0.3, -0.25) is 10.2 Å². The average Bonchev–Trinajstić information content (AvgIpc) is 2.85. The van der Waals surface area contributed by atoms with Crippen LogP contribution in [-0.4, -0.2) is 24.3 Å². The van der Waals surface area contributed by atoms with Crippen molar-refractivity contribution in [3.05, 3.63) is 34.8 Å². The molecule has 1 N–H and O–H groups in total. The molecule has 110 valence electrons. The predicted molar refractivity (Wildman–Crippen MR) is 82.4 cm³/mol. The molecule has 0 aliphatic rings. The Balaban J connectivity index is 2.08. The summed E-state index contributed by atoms with van der Waals surface area (Å²) in [6, 6.07) is 5.17. The van der Waals surface area contributed by atoms with Crippen LogP contribution in [0.15, 0.2) is 28.7 Å². The van der Waals surface area contributed by atoms with Crippen molar-refractivity contribution in [1.29, 1.82) is 0 Å². The Labute approximate surface area is 126 Å². The first-order valence-corrected chi connectivity index (χ1v) is 7.04. The molecule has 0 radical (unpaired) electrons. The highest BCUT2D eigenvalue weighted by Gasteiger charge is 2.07. The summed E-state index contributed by atoms with van der Waals surface area (Å²) in [5.74, 6) is 0.459. The number of anilines is 1. The number of carbonyl (C=O) groups excluding carboxylic acids is 1. The molecular formula is C14H15N3O3S. The molecule has 6 nitrogen and oxygen atoms in total. The third-order valence-corrected chi connectivity index (χ3v) is 3.30. The number of esters is 1. The molecule has 21 heavy (non-hydrogen) atoms. The normalized spacial score (nSPS) is 10.6. The lowest BCUT2D eigenvalue weighted by Gasteiger charge is -2.08. The lowest BCUT2D eigenvalue weighted by Crippen LogP contribution is -2.03. The first kappa shape index (κ1) is 15.0. The van der Waals surface area contributed by atoms with E-state index in [1.807, 2.05) is 12.3 Å². The van der Waals surface area contributed by atoms with Crippen LogP contribution >= 0.6 is 11.3 Å². The van der Waals surface area contributed by atoms with E-state index in [-0.39, 0.29) is 0 Å². The first-order chi connectivity index (χ1) is 10.1. The SMILES string of the molecule is COc1cc(C=NNc2nc(C)cs2)ccc1OC(C)=O. The van der Waals surface area contributed by atoms with Crippen LogP contribution in [0.2, 0.25) is 0 Å². The molecule has 0 saturated heterocycles. The highest BCUT2D eigenvalue weighted by molar-refractivity contribution is 7.13. The minimum Gasteiger partial charge on any atom is -0.493 e. The Kier molecular flexibility index (Phi) is 4.89. The third-order valence-electron chi connectivity index (χ3n) is 2.43. The molecule has 2 aromatic rings. The van der Waals surface area contributed by atoms with Gasteiger partial charge in [0, 0.05) is 12.3 Å². The molecule has 0 aliphatic heterocycles. The van der Waals surface area contributed by atoms with Crippen LogP contribution in [0.3, 0.4) is 0 Å². The van der Waals surface area contributed by atoms with Crippen molar-refractivity contribution in [2.75, 3.05) is 12.5 Å². The Morgan fingerprint density at radius 2 is 2.24 bits per heavy atom. The standard InChI is InChI=1S/C14H15N3O3S/c1-9-8-21-14(16-9)17-15-7-11-4-5-12(20-10(2)18)13(6-11)19-3/h4-8H,1-3H3,(H,16,17). The number of thiazole rings is 1. The fraction of sp³-hybridized carbons (Fsp3) is 0.214. The van der Waals surface area contributed by atoms with Crippen molar-refractivity contribution in [3.8, 4) is 11.5 Å². The topological polar surface area (TPSA) is 72.8 Å². The number of carbonyl (C=O) groups is 1. The number of nitrogens with zero attached hydrogens (tertiary/aromatic N) is 2. The maximum atomic E-state index is 11.0. The van der Waals surface area contributed by atoms with E-state index in [0.717, 1.165) is 16.4 Å². The molecule has 1 aromatic heterocycles. The number of hydrazone groups is 1. The molecule has 0 amide bonds. The summed E-state index contributed by atoms with van der Waals surface area (Å²) >= 11 is 1.48. The van der Waals surface area contributed by atoms with Gasteiger partial charge in [-0.2, -0.15) is 5.10 Å². The molecule has 0 atom stereocenters. The van der Waals surface area contributed by atoms with E-state index in [2.05, 4.69) is 15.5 Å². The van der Waals surface area contributed by atoms with Crippen molar-refractivity contribution in [1.82, 2.24) is 4.98 Å². The Morgan fingerprint density at radius 1 is 1.43 bits per heavy atom. The van der Waals surface area contributed by atoms with Gasteiger partial charge < -0.3 is 9.47 Å². The van der Waals surface area contributed by atoms with Crippen molar-refractivity contribution in [2.45, 2.75) is 13.8 Å². The monoisotopic (exact) mass is 305 g/mol. The van der Waals surface area contributed by atoms with Gasteiger partial charge in [-0.05, 0) is 30.7 Å². The van der Waals surface area contributed by atoms with Crippen LogP contribution in [0.1, 0.15) is 18.2 Å². The second-order valence-electron chi connectivity index (χ2n) is 4.17. The molecule has 2 rings (SSSR count). The Bertz CT molecular complexity index is 667. The lowest BCUT2D eigenvalue weighted by atomic mass is 10.2. The number of methoxy groups -OCH3 is 1. The molecule has 1 heterocycles. The van der Waals surface area contributed by atoms with Gasteiger partial charge in [-0.1, -0.05) is 0 Å². The van der Waals surface area contributed by atoms with Gasteiger partial charge in [0.05, 0.1) is 19.0 Å². The van der Waals surface area contributed by atoms with E-state index < -0.39 is 5.97 Å². The summed E-state index contributed by atoms with van der Waals surface area (Å²) in [7, 11) is 1.51. The number of nitrogens with one attached hydrogen (secondary N) is 1.